The summed E-state index contributed by atoms with van der Waals surface area (Å²) >= 11 is 1.75. The Hall–Kier alpha value is -1.00. The van der Waals surface area contributed by atoms with Gasteiger partial charge in [-0.05, 0) is 36.3 Å². The van der Waals surface area contributed by atoms with E-state index in [1.54, 1.807) is 16.7 Å². The lowest BCUT2D eigenvalue weighted by Gasteiger charge is -2.34. The molecule has 1 N–H and O–H groups in total. The fraction of sp³-hybridized carbons (Fsp3) is 0.533. The summed E-state index contributed by atoms with van der Waals surface area (Å²) in [5.41, 5.74) is 1.90. The first-order chi connectivity index (χ1) is 9.11. The van der Waals surface area contributed by atoms with Crippen LogP contribution in [0.2, 0.25) is 0 Å². The van der Waals surface area contributed by atoms with E-state index in [0.717, 1.165) is 24.3 Å². The van der Waals surface area contributed by atoms with Crippen LogP contribution in [0.5, 0.6) is 0 Å². The smallest absolute Gasteiger partial charge is 0.253 e. The van der Waals surface area contributed by atoms with E-state index in [-0.39, 0.29) is 11.8 Å². The minimum Gasteiger partial charge on any atom is -0.391 e. The highest BCUT2D eigenvalue weighted by atomic mass is 32.2. The molecule has 2 unspecified atom stereocenters. The maximum absolute atomic E-state index is 12.4. The predicted molar refractivity (Wildman–Crippen MR) is 79.4 cm³/mol. The number of carbonyl (C=O) groups excluding carboxylic acids is 1. The van der Waals surface area contributed by atoms with Gasteiger partial charge >= 0.3 is 0 Å². The molecule has 1 amide bonds. The molecule has 1 aromatic carbocycles. The largest absolute Gasteiger partial charge is 0.391 e. The summed E-state index contributed by atoms with van der Waals surface area (Å²) in [5.74, 6) is 1.24. The Morgan fingerprint density at radius 2 is 2.32 bits per heavy atom. The SMILES string of the molecule is CSCc1cccc(C(=O)N2CCC(C)C(O)C2)c1. The zero-order valence-electron chi connectivity index (χ0n) is 11.5. The van der Waals surface area contributed by atoms with Crippen molar-refractivity contribution in [3.63, 3.8) is 0 Å². The zero-order chi connectivity index (χ0) is 13.8. The minimum atomic E-state index is -0.396. The van der Waals surface area contributed by atoms with E-state index in [9.17, 15) is 9.90 Å². The number of rotatable bonds is 3. The number of amides is 1. The number of likely N-dealkylation sites (tertiary alicyclic amines) is 1. The van der Waals surface area contributed by atoms with Gasteiger partial charge in [0.25, 0.3) is 5.91 Å². The lowest BCUT2D eigenvalue weighted by atomic mass is 9.95. The van der Waals surface area contributed by atoms with Crippen molar-refractivity contribution in [1.82, 2.24) is 4.90 Å². The van der Waals surface area contributed by atoms with Crippen molar-refractivity contribution in [2.45, 2.75) is 25.2 Å². The first-order valence-electron chi connectivity index (χ1n) is 6.67. The number of benzene rings is 1. The lowest BCUT2D eigenvalue weighted by Crippen LogP contribution is -2.45. The Morgan fingerprint density at radius 3 is 3.00 bits per heavy atom. The number of nitrogens with zero attached hydrogens (tertiary/aromatic N) is 1. The summed E-state index contributed by atoms with van der Waals surface area (Å²) in [6, 6.07) is 7.79. The fourth-order valence-corrected chi connectivity index (χ4v) is 2.89. The minimum absolute atomic E-state index is 0.0360. The molecule has 0 saturated carbocycles. The van der Waals surface area contributed by atoms with Gasteiger partial charge in [0.15, 0.2) is 0 Å². The van der Waals surface area contributed by atoms with Crippen LogP contribution in [0.1, 0.15) is 29.3 Å². The van der Waals surface area contributed by atoms with Crippen LogP contribution in [0, 0.1) is 5.92 Å². The second kappa shape index (κ2) is 6.44. The molecule has 104 valence electrons. The van der Waals surface area contributed by atoms with Gasteiger partial charge in [0, 0.05) is 24.4 Å². The highest BCUT2D eigenvalue weighted by Crippen LogP contribution is 2.20. The van der Waals surface area contributed by atoms with Gasteiger partial charge in [-0.15, -0.1) is 0 Å². The average Bonchev–Trinajstić information content (AvgIpc) is 2.42. The molecule has 0 aromatic heterocycles. The van der Waals surface area contributed by atoms with Crippen LogP contribution in [0.3, 0.4) is 0 Å². The van der Waals surface area contributed by atoms with Gasteiger partial charge in [-0.3, -0.25) is 4.79 Å². The molecule has 19 heavy (non-hydrogen) atoms. The van der Waals surface area contributed by atoms with Crippen LogP contribution in [-0.4, -0.2) is 41.4 Å². The first-order valence-corrected chi connectivity index (χ1v) is 8.06. The number of hydrogen-bond acceptors (Lipinski definition) is 3. The van der Waals surface area contributed by atoms with E-state index in [0.29, 0.717) is 6.54 Å². The lowest BCUT2D eigenvalue weighted by molar-refractivity contribution is 0.0248. The molecule has 2 atom stereocenters. The van der Waals surface area contributed by atoms with Gasteiger partial charge in [0.05, 0.1) is 6.10 Å². The quantitative estimate of drug-likeness (QED) is 0.923. The standard InChI is InChI=1S/C15H21NO2S/c1-11-6-7-16(9-14(11)17)15(18)13-5-3-4-12(8-13)10-19-2/h3-5,8,11,14,17H,6-7,9-10H2,1-2H3. The summed E-state index contributed by atoms with van der Waals surface area (Å²) < 4.78 is 0. The van der Waals surface area contributed by atoms with Crippen LogP contribution in [0.4, 0.5) is 0 Å². The number of aliphatic hydroxyl groups excluding tert-OH is 1. The van der Waals surface area contributed by atoms with Crippen molar-refractivity contribution in [2.75, 3.05) is 19.3 Å². The summed E-state index contributed by atoms with van der Waals surface area (Å²) in [5, 5.41) is 9.89. The number of piperidine rings is 1. The normalized spacial score (nSPS) is 23.4. The van der Waals surface area contributed by atoms with Crippen molar-refractivity contribution < 1.29 is 9.90 Å². The Morgan fingerprint density at radius 1 is 1.53 bits per heavy atom. The Kier molecular flexibility index (Phi) is 4.88. The van der Waals surface area contributed by atoms with E-state index in [4.69, 9.17) is 0 Å². The molecule has 0 radical (unpaired) electrons. The second-order valence-corrected chi connectivity index (χ2v) is 6.08. The Balaban J connectivity index is 2.09. The number of aliphatic hydroxyl groups is 1. The van der Waals surface area contributed by atoms with Crippen LogP contribution in [0.25, 0.3) is 0 Å². The summed E-state index contributed by atoms with van der Waals surface area (Å²) in [6.07, 6.45) is 2.53. The molecule has 2 rings (SSSR count). The molecule has 1 aliphatic rings. The van der Waals surface area contributed by atoms with Crippen LogP contribution < -0.4 is 0 Å². The van der Waals surface area contributed by atoms with Crippen LogP contribution >= 0.6 is 11.8 Å². The molecule has 0 bridgehead atoms. The van der Waals surface area contributed by atoms with Crippen molar-refractivity contribution in [3.05, 3.63) is 35.4 Å². The van der Waals surface area contributed by atoms with Crippen LogP contribution in [0.15, 0.2) is 24.3 Å². The fourth-order valence-electron chi connectivity index (χ4n) is 2.38. The summed E-state index contributed by atoms with van der Waals surface area (Å²) in [7, 11) is 0. The van der Waals surface area contributed by atoms with Gasteiger partial charge in [0.2, 0.25) is 0 Å². The van der Waals surface area contributed by atoms with E-state index >= 15 is 0 Å². The first kappa shape index (κ1) is 14.4. The molecular formula is C15H21NO2S. The highest BCUT2D eigenvalue weighted by molar-refractivity contribution is 7.97. The zero-order valence-corrected chi connectivity index (χ0v) is 12.3. The highest BCUT2D eigenvalue weighted by Gasteiger charge is 2.27. The van der Waals surface area contributed by atoms with Gasteiger partial charge in [-0.1, -0.05) is 19.1 Å². The van der Waals surface area contributed by atoms with Gasteiger partial charge in [-0.25, -0.2) is 0 Å². The summed E-state index contributed by atoms with van der Waals surface area (Å²) in [6.45, 7) is 3.22. The number of hydrogen-bond donors (Lipinski definition) is 1. The molecule has 1 saturated heterocycles. The third kappa shape index (κ3) is 3.51. The molecule has 1 fully saturated rings. The molecule has 1 aliphatic heterocycles. The van der Waals surface area contributed by atoms with Gasteiger partial charge in [-0.2, -0.15) is 11.8 Å². The summed E-state index contributed by atoms with van der Waals surface area (Å²) in [4.78, 5) is 14.2. The number of thioether (sulfide) groups is 1. The van der Waals surface area contributed by atoms with Gasteiger partial charge in [0.1, 0.15) is 0 Å². The maximum atomic E-state index is 12.4. The molecule has 0 spiro atoms. The topological polar surface area (TPSA) is 40.5 Å². The van der Waals surface area contributed by atoms with Gasteiger partial charge < -0.3 is 10.0 Å². The monoisotopic (exact) mass is 279 g/mol. The van der Waals surface area contributed by atoms with Crippen molar-refractivity contribution in [3.8, 4) is 0 Å². The predicted octanol–water partition coefficient (Wildman–Crippen LogP) is 2.39. The Bertz CT molecular complexity index is 450. The molecule has 1 aromatic rings. The van der Waals surface area contributed by atoms with Crippen LogP contribution in [-0.2, 0) is 5.75 Å². The van der Waals surface area contributed by atoms with Crippen molar-refractivity contribution in [2.24, 2.45) is 5.92 Å². The van der Waals surface area contributed by atoms with E-state index in [2.05, 4.69) is 6.26 Å². The number of carbonyl (C=O) groups is 1. The van der Waals surface area contributed by atoms with Crippen molar-refractivity contribution >= 4 is 17.7 Å². The molecule has 4 heteroatoms. The molecule has 3 nitrogen and oxygen atoms in total. The second-order valence-electron chi connectivity index (χ2n) is 5.22. The Labute approximate surface area is 119 Å². The number of β-amino-alcohol motifs (C(OH)–C–C–N with tert-alkyl or cyclic N) is 1. The molecular weight excluding hydrogens is 258 g/mol. The van der Waals surface area contributed by atoms with Crippen molar-refractivity contribution in [1.29, 1.82) is 0 Å². The molecule has 0 aliphatic carbocycles. The van der Waals surface area contributed by atoms with E-state index in [1.165, 1.54) is 5.56 Å². The van der Waals surface area contributed by atoms with E-state index in [1.807, 2.05) is 31.2 Å². The molecule has 1 heterocycles. The third-order valence-corrected chi connectivity index (χ3v) is 4.31. The average molecular weight is 279 g/mol. The van der Waals surface area contributed by atoms with E-state index < -0.39 is 6.10 Å². The maximum Gasteiger partial charge on any atom is 0.253 e. The third-order valence-electron chi connectivity index (χ3n) is 3.69.